The second-order valence-electron chi connectivity index (χ2n) is 1.50. The van der Waals surface area contributed by atoms with E-state index in [9.17, 15) is 4.79 Å². The van der Waals surface area contributed by atoms with Crippen molar-refractivity contribution in [1.29, 1.82) is 0 Å². The number of aromatic nitrogens is 2. The van der Waals surface area contributed by atoms with E-state index in [1.54, 1.807) is 0 Å². The molecule has 0 radical (unpaired) electrons. The molecule has 0 spiro atoms. The van der Waals surface area contributed by atoms with Crippen LogP contribution in [-0.2, 0) is 0 Å². The summed E-state index contributed by atoms with van der Waals surface area (Å²) in [6.07, 6.45) is 2.15. The van der Waals surface area contributed by atoms with Crippen molar-refractivity contribution in [2.45, 2.75) is 0 Å². The highest BCUT2D eigenvalue weighted by Gasteiger charge is 1.94. The van der Waals surface area contributed by atoms with Crippen molar-refractivity contribution in [2.24, 2.45) is 0 Å². The highest BCUT2D eigenvalue weighted by molar-refractivity contribution is 5.29. The third-order valence-corrected chi connectivity index (χ3v) is 0.845. The molecule has 5 heteroatoms. The highest BCUT2D eigenvalue weighted by atomic mass is 16.5. The van der Waals surface area contributed by atoms with Crippen molar-refractivity contribution >= 4 is 5.69 Å². The third-order valence-electron chi connectivity index (χ3n) is 0.845. The SMILES string of the molecule is Nc1cncn(O)c1=O. The minimum Gasteiger partial charge on any atom is -0.424 e. The summed E-state index contributed by atoms with van der Waals surface area (Å²) in [5.74, 6) is 0. The molecule has 0 bridgehead atoms. The molecule has 48 valence electrons. The monoisotopic (exact) mass is 127 g/mol. The lowest BCUT2D eigenvalue weighted by Crippen LogP contribution is -2.20. The summed E-state index contributed by atoms with van der Waals surface area (Å²) in [7, 11) is 0. The van der Waals surface area contributed by atoms with E-state index >= 15 is 0 Å². The van der Waals surface area contributed by atoms with Gasteiger partial charge in [-0.05, 0) is 0 Å². The van der Waals surface area contributed by atoms with E-state index in [2.05, 4.69) is 4.98 Å². The maximum Gasteiger partial charge on any atom is 0.308 e. The van der Waals surface area contributed by atoms with Crippen LogP contribution in [0.3, 0.4) is 0 Å². The van der Waals surface area contributed by atoms with Crippen LogP contribution in [0.1, 0.15) is 0 Å². The van der Waals surface area contributed by atoms with E-state index in [0.29, 0.717) is 4.73 Å². The van der Waals surface area contributed by atoms with Gasteiger partial charge in [-0.3, -0.25) is 4.79 Å². The first-order valence-corrected chi connectivity index (χ1v) is 2.23. The molecule has 0 aliphatic heterocycles. The van der Waals surface area contributed by atoms with Gasteiger partial charge < -0.3 is 10.9 Å². The summed E-state index contributed by atoms with van der Waals surface area (Å²) in [6.45, 7) is 0. The van der Waals surface area contributed by atoms with Crippen LogP contribution in [-0.4, -0.2) is 14.9 Å². The molecule has 1 aromatic heterocycles. The van der Waals surface area contributed by atoms with Gasteiger partial charge in [0.05, 0.1) is 6.20 Å². The number of hydrogen-bond acceptors (Lipinski definition) is 4. The molecule has 0 saturated carbocycles. The number of hydrogen-bond donors (Lipinski definition) is 2. The lowest BCUT2D eigenvalue weighted by atomic mass is 10.6. The lowest BCUT2D eigenvalue weighted by Gasteiger charge is -1.92. The Morgan fingerprint density at radius 1 is 1.78 bits per heavy atom. The van der Waals surface area contributed by atoms with Crippen LogP contribution in [0.5, 0.6) is 0 Å². The standard InChI is InChI=1S/C4H5N3O2/c5-3-1-6-2-7(9)4(3)8/h1-2,9H,5H2. The first-order valence-electron chi connectivity index (χ1n) is 2.23. The van der Waals surface area contributed by atoms with Gasteiger partial charge >= 0.3 is 5.56 Å². The molecule has 0 aromatic carbocycles. The minimum absolute atomic E-state index is 0.0694. The van der Waals surface area contributed by atoms with Crippen molar-refractivity contribution in [3.8, 4) is 0 Å². The first kappa shape index (κ1) is 5.61. The molecule has 0 amide bonds. The zero-order valence-electron chi connectivity index (χ0n) is 4.48. The largest absolute Gasteiger partial charge is 0.424 e. The van der Waals surface area contributed by atoms with Crippen molar-refractivity contribution in [1.82, 2.24) is 9.71 Å². The molecule has 0 fully saturated rings. The molecule has 9 heavy (non-hydrogen) atoms. The van der Waals surface area contributed by atoms with E-state index in [0.717, 1.165) is 6.33 Å². The van der Waals surface area contributed by atoms with E-state index in [-0.39, 0.29) is 5.69 Å². The van der Waals surface area contributed by atoms with Gasteiger partial charge in [0.1, 0.15) is 12.0 Å². The van der Waals surface area contributed by atoms with Crippen molar-refractivity contribution in [2.75, 3.05) is 5.73 Å². The summed E-state index contributed by atoms with van der Waals surface area (Å²) in [5.41, 5.74) is 4.35. The molecule has 1 aromatic rings. The molecule has 0 aliphatic carbocycles. The first-order chi connectivity index (χ1) is 4.22. The fraction of sp³-hybridized carbons (Fsp3) is 0. The summed E-state index contributed by atoms with van der Waals surface area (Å²) in [4.78, 5) is 13.9. The Morgan fingerprint density at radius 3 is 2.89 bits per heavy atom. The Balaban J connectivity index is 3.43. The smallest absolute Gasteiger partial charge is 0.308 e. The molecule has 5 nitrogen and oxygen atoms in total. The quantitative estimate of drug-likeness (QED) is 0.441. The van der Waals surface area contributed by atoms with Crippen molar-refractivity contribution in [3.63, 3.8) is 0 Å². The number of nitrogen functional groups attached to an aromatic ring is 1. The minimum atomic E-state index is -0.648. The second kappa shape index (κ2) is 1.77. The molecule has 0 unspecified atom stereocenters. The topological polar surface area (TPSA) is 81.1 Å². The van der Waals surface area contributed by atoms with E-state index in [1.807, 2.05) is 0 Å². The van der Waals surface area contributed by atoms with Crippen LogP contribution in [0.2, 0.25) is 0 Å². The zero-order valence-corrected chi connectivity index (χ0v) is 4.48. The van der Waals surface area contributed by atoms with E-state index in [1.165, 1.54) is 6.20 Å². The van der Waals surface area contributed by atoms with Crippen LogP contribution < -0.4 is 11.3 Å². The van der Waals surface area contributed by atoms with Crippen LogP contribution in [0, 0.1) is 0 Å². The normalized spacial score (nSPS) is 9.33. The predicted octanol–water partition coefficient (Wildman–Crippen LogP) is -0.937. The van der Waals surface area contributed by atoms with Crippen molar-refractivity contribution in [3.05, 3.63) is 22.9 Å². The van der Waals surface area contributed by atoms with Gasteiger partial charge in [0.2, 0.25) is 0 Å². The summed E-state index contributed by atoms with van der Waals surface area (Å²) in [6, 6.07) is 0. The average Bonchev–Trinajstić information content (AvgIpc) is 1.83. The Labute approximate surface area is 50.3 Å². The molecular weight excluding hydrogens is 122 g/mol. The van der Waals surface area contributed by atoms with Crippen LogP contribution in [0.25, 0.3) is 0 Å². The third kappa shape index (κ3) is 0.835. The molecular formula is C4H5N3O2. The summed E-state index contributed by atoms with van der Waals surface area (Å²) in [5, 5.41) is 8.56. The average molecular weight is 127 g/mol. The predicted molar refractivity (Wildman–Crippen MR) is 30.1 cm³/mol. The second-order valence-corrected chi connectivity index (χ2v) is 1.50. The molecule has 0 atom stereocenters. The summed E-state index contributed by atoms with van der Waals surface area (Å²) >= 11 is 0. The number of nitrogens with two attached hydrogens (primary N) is 1. The molecule has 1 heterocycles. The molecule has 0 saturated heterocycles. The van der Waals surface area contributed by atoms with Crippen LogP contribution in [0.4, 0.5) is 5.69 Å². The van der Waals surface area contributed by atoms with Gasteiger partial charge in [-0.15, -0.1) is 4.73 Å². The van der Waals surface area contributed by atoms with E-state index < -0.39 is 5.56 Å². The fourth-order valence-corrected chi connectivity index (χ4v) is 0.417. The zero-order chi connectivity index (χ0) is 6.85. The molecule has 1 rings (SSSR count). The van der Waals surface area contributed by atoms with Gasteiger partial charge in [-0.2, -0.15) is 0 Å². The van der Waals surface area contributed by atoms with Crippen LogP contribution in [0.15, 0.2) is 17.3 Å². The molecule has 3 N–H and O–H groups in total. The Hall–Kier alpha value is -1.52. The highest BCUT2D eigenvalue weighted by Crippen LogP contribution is 1.82. The maximum atomic E-state index is 10.5. The van der Waals surface area contributed by atoms with Gasteiger partial charge in [0.25, 0.3) is 0 Å². The number of anilines is 1. The molecule has 0 aliphatic rings. The Bertz CT molecular complexity index is 244. The van der Waals surface area contributed by atoms with Gasteiger partial charge in [0, 0.05) is 0 Å². The van der Waals surface area contributed by atoms with Gasteiger partial charge in [-0.1, -0.05) is 0 Å². The van der Waals surface area contributed by atoms with Crippen molar-refractivity contribution < 1.29 is 5.21 Å². The number of nitrogens with zero attached hydrogens (tertiary/aromatic N) is 2. The van der Waals surface area contributed by atoms with Gasteiger partial charge in [-0.25, -0.2) is 4.98 Å². The Morgan fingerprint density at radius 2 is 2.44 bits per heavy atom. The van der Waals surface area contributed by atoms with E-state index in [4.69, 9.17) is 10.9 Å². The summed E-state index contributed by atoms with van der Waals surface area (Å²) < 4.78 is 0.329. The Kier molecular flexibility index (Phi) is 1.11. The maximum absolute atomic E-state index is 10.5. The van der Waals surface area contributed by atoms with Crippen LogP contribution >= 0.6 is 0 Å². The number of rotatable bonds is 0. The van der Waals surface area contributed by atoms with Gasteiger partial charge in [0.15, 0.2) is 0 Å². The fourth-order valence-electron chi connectivity index (χ4n) is 0.417. The lowest BCUT2D eigenvalue weighted by molar-refractivity contribution is 0.172.